The molecule has 146 valence electrons. The SMILES string of the molecule is CCn1c(-c2ccc3c(c2)OCCO3)cnc1SCc1ccc(C(=O)OC)o1. The van der Waals surface area contributed by atoms with Crippen LogP contribution in [0.25, 0.3) is 11.3 Å². The fourth-order valence-corrected chi connectivity index (χ4v) is 3.95. The maximum absolute atomic E-state index is 11.5. The van der Waals surface area contributed by atoms with Crippen LogP contribution in [0, 0.1) is 0 Å². The average molecular weight is 400 g/mol. The van der Waals surface area contributed by atoms with Gasteiger partial charge in [-0.1, -0.05) is 11.8 Å². The van der Waals surface area contributed by atoms with Gasteiger partial charge in [-0.15, -0.1) is 0 Å². The molecule has 8 heteroatoms. The number of aromatic nitrogens is 2. The molecule has 0 amide bonds. The Morgan fingerprint density at radius 3 is 2.82 bits per heavy atom. The minimum atomic E-state index is -0.479. The first-order chi connectivity index (χ1) is 13.7. The minimum Gasteiger partial charge on any atom is -0.486 e. The summed E-state index contributed by atoms with van der Waals surface area (Å²) < 4.78 is 23.6. The first-order valence-electron chi connectivity index (χ1n) is 8.95. The summed E-state index contributed by atoms with van der Waals surface area (Å²) in [7, 11) is 1.33. The molecule has 0 unspecified atom stereocenters. The number of furan rings is 1. The lowest BCUT2D eigenvalue weighted by Crippen LogP contribution is -2.15. The van der Waals surface area contributed by atoms with Gasteiger partial charge in [0.05, 0.1) is 24.8 Å². The lowest BCUT2D eigenvalue weighted by atomic mass is 10.1. The lowest BCUT2D eigenvalue weighted by Gasteiger charge is -2.19. The van der Waals surface area contributed by atoms with Crippen molar-refractivity contribution in [3.05, 3.63) is 48.0 Å². The van der Waals surface area contributed by atoms with Crippen molar-refractivity contribution in [3.8, 4) is 22.8 Å². The zero-order valence-electron chi connectivity index (χ0n) is 15.6. The third-order valence-corrected chi connectivity index (χ3v) is 5.38. The number of rotatable bonds is 6. The van der Waals surface area contributed by atoms with Crippen LogP contribution >= 0.6 is 11.8 Å². The molecule has 3 heterocycles. The Morgan fingerprint density at radius 2 is 2.04 bits per heavy atom. The summed E-state index contributed by atoms with van der Waals surface area (Å²) in [5.74, 6) is 2.51. The topological polar surface area (TPSA) is 75.7 Å². The number of carbonyl (C=O) groups excluding carboxylic acids is 1. The third-order valence-electron chi connectivity index (χ3n) is 4.36. The Labute approximate surface area is 166 Å². The fraction of sp³-hybridized carbons (Fsp3) is 0.300. The van der Waals surface area contributed by atoms with Crippen LogP contribution in [0.4, 0.5) is 0 Å². The van der Waals surface area contributed by atoms with Crippen LogP contribution in [0.2, 0.25) is 0 Å². The Morgan fingerprint density at radius 1 is 1.21 bits per heavy atom. The first-order valence-corrected chi connectivity index (χ1v) is 9.93. The maximum atomic E-state index is 11.5. The zero-order valence-corrected chi connectivity index (χ0v) is 16.5. The predicted octanol–water partition coefficient (Wildman–Crippen LogP) is 4.01. The number of ether oxygens (including phenoxy) is 3. The highest BCUT2D eigenvalue weighted by atomic mass is 32.2. The number of carbonyl (C=O) groups is 1. The molecule has 28 heavy (non-hydrogen) atoms. The Balaban J connectivity index is 1.53. The molecule has 0 aliphatic carbocycles. The van der Waals surface area contributed by atoms with E-state index in [1.807, 2.05) is 24.4 Å². The third kappa shape index (κ3) is 3.60. The molecule has 4 rings (SSSR count). The predicted molar refractivity (Wildman–Crippen MR) is 104 cm³/mol. The first kappa shape index (κ1) is 18.5. The molecule has 0 fully saturated rings. The molecule has 0 atom stereocenters. The van der Waals surface area contributed by atoms with E-state index in [0.717, 1.165) is 34.5 Å². The van der Waals surface area contributed by atoms with Gasteiger partial charge in [0.1, 0.15) is 19.0 Å². The Kier molecular flexibility index (Phi) is 5.29. The van der Waals surface area contributed by atoms with Gasteiger partial charge in [0.25, 0.3) is 0 Å². The number of methoxy groups -OCH3 is 1. The van der Waals surface area contributed by atoms with Crippen LogP contribution < -0.4 is 9.47 Å². The summed E-state index contributed by atoms with van der Waals surface area (Å²) in [5.41, 5.74) is 2.04. The van der Waals surface area contributed by atoms with Crippen molar-refractivity contribution >= 4 is 17.7 Å². The number of esters is 1. The summed E-state index contributed by atoms with van der Waals surface area (Å²) >= 11 is 1.55. The lowest BCUT2D eigenvalue weighted by molar-refractivity contribution is 0.0563. The number of hydrogen-bond donors (Lipinski definition) is 0. The molecule has 2 aromatic heterocycles. The largest absolute Gasteiger partial charge is 0.486 e. The number of hydrogen-bond acceptors (Lipinski definition) is 7. The zero-order chi connectivity index (χ0) is 19.5. The van der Waals surface area contributed by atoms with Gasteiger partial charge in [-0.05, 0) is 37.3 Å². The molecule has 0 N–H and O–H groups in total. The fourth-order valence-electron chi connectivity index (χ4n) is 3.01. The van der Waals surface area contributed by atoms with Crippen molar-refractivity contribution in [2.75, 3.05) is 20.3 Å². The Hall–Kier alpha value is -2.87. The summed E-state index contributed by atoms with van der Waals surface area (Å²) in [4.78, 5) is 16.1. The molecule has 1 aliphatic rings. The molecule has 1 aromatic carbocycles. The van der Waals surface area contributed by atoms with E-state index >= 15 is 0 Å². The molecule has 1 aliphatic heterocycles. The number of nitrogens with zero attached hydrogens (tertiary/aromatic N) is 2. The highest BCUT2D eigenvalue weighted by Crippen LogP contribution is 2.36. The van der Waals surface area contributed by atoms with E-state index < -0.39 is 5.97 Å². The number of imidazole rings is 1. The highest BCUT2D eigenvalue weighted by molar-refractivity contribution is 7.98. The van der Waals surface area contributed by atoms with E-state index in [9.17, 15) is 4.79 Å². The number of thioether (sulfide) groups is 1. The number of benzene rings is 1. The smallest absolute Gasteiger partial charge is 0.373 e. The van der Waals surface area contributed by atoms with E-state index in [2.05, 4.69) is 21.2 Å². The molecule has 7 nitrogen and oxygen atoms in total. The van der Waals surface area contributed by atoms with Gasteiger partial charge in [-0.3, -0.25) is 0 Å². The standard InChI is InChI=1S/C20H20N2O5S/c1-3-22-15(13-4-6-16-18(10-13)26-9-8-25-16)11-21-20(22)28-12-14-5-7-17(27-14)19(23)24-2/h4-7,10-11H,3,8-9,12H2,1-2H3. The van der Waals surface area contributed by atoms with Gasteiger partial charge in [0, 0.05) is 12.1 Å². The van der Waals surface area contributed by atoms with Gasteiger partial charge in [0.15, 0.2) is 16.7 Å². The highest BCUT2D eigenvalue weighted by Gasteiger charge is 2.17. The van der Waals surface area contributed by atoms with Crippen LogP contribution in [0.5, 0.6) is 11.5 Å². The van der Waals surface area contributed by atoms with Crippen LogP contribution in [-0.2, 0) is 17.0 Å². The van der Waals surface area contributed by atoms with Gasteiger partial charge >= 0.3 is 5.97 Å². The maximum Gasteiger partial charge on any atom is 0.373 e. The van der Waals surface area contributed by atoms with Crippen LogP contribution in [0.3, 0.4) is 0 Å². The molecule has 0 radical (unpaired) electrons. The second-order valence-electron chi connectivity index (χ2n) is 6.07. The number of fused-ring (bicyclic) bond motifs is 1. The molecule has 0 spiro atoms. The van der Waals surface area contributed by atoms with E-state index in [0.29, 0.717) is 24.7 Å². The minimum absolute atomic E-state index is 0.203. The van der Waals surface area contributed by atoms with Crippen molar-refractivity contribution in [3.63, 3.8) is 0 Å². The van der Waals surface area contributed by atoms with E-state index in [1.54, 1.807) is 23.9 Å². The molecule has 0 saturated carbocycles. The van der Waals surface area contributed by atoms with E-state index in [1.165, 1.54) is 7.11 Å². The van der Waals surface area contributed by atoms with Crippen LogP contribution in [0.1, 0.15) is 23.2 Å². The monoisotopic (exact) mass is 400 g/mol. The molecule has 3 aromatic rings. The van der Waals surface area contributed by atoms with Crippen molar-refractivity contribution in [2.24, 2.45) is 0 Å². The van der Waals surface area contributed by atoms with Crippen LogP contribution in [0.15, 0.2) is 46.1 Å². The van der Waals surface area contributed by atoms with Crippen molar-refractivity contribution in [1.82, 2.24) is 9.55 Å². The van der Waals surface area contributed by atoms with Gasteiger partial charge < -0.3 is 23.2 Å². The summed E-state index contributed by atoms with van der Waals surface area (Å²) in [6, 6.07) is 9.33. The molecular formula is C20H20N2O5S. The van der Waals surface area contributed by atoms with Gasteiger partial charge in [-0.2, -0.15) is 0 Å². The molecule has 0 saturated heterocycles. The second-order valence-corrected chi connectivity index (χ2v) is 7.02. The van der Waals surface area contributed by atoms with E-state index in [-0.39, 0.29) is 5.76 Å². The molecule has 0 bridgehead atoms. The van der Waals surface area contributed by atoms with Crippen molar-refractivity contribution in [1.29, 1.82) is 0 Å². The summed E-state index contributed by atoms with van der Waals surface area (Å²) in [6.07, 6.45) is 1.86. The Bertz CT molecular complexity index is 994. The summed E-state index contributed by atoms with van der Waals surface area (Å²) in [5, 5.41) is 0.878. The van der Waals surface area contributed by atoms with Crippen molar-refractivity contribution in [2.45, 2.75) is 24.4 Å². The van der Waals surface area contributed by atoms with Gasteiger partial charge in [0.2, 0.25) is 5.76 Å². The van der Waals surface area contributed by atoms with Gasteiger partial charge in [-0.25, -0.2) is 9.78 Å². The molecular weight excluding hydrogens is 380 g/mol. The van der Waals surface area contributed by atoms with E-state index in [4.69, 9.17) is 13.9 Å². The average Bonchev–Trinajstić information content (AvgIpc) is 3.38. The van der Waals surface area contributed by atoms with Crippen molar-refractivity contribution < 1.29 is 23.4 Å². The summed E-state index contributed by atoms with van der Waals surface area (Å²) in [6.45, 7) is 3.99. The normalized spacial score (nSPS) is 12.8. The second kappa shape index (κ2) is 8.02. The quantitative estimate of drug-likeness (QED) is 0.457. The van der Waals surface area contributed by atoms with Crippen LogP contribution in [-0.4, -0.2) is 35.8 Å².